The number of alkyl halides is 1. The molecule has 0 aromatic rings. The van der Waals surface area contributed by atoms with Gasteiger partial charge in [-0.2, -0.15) is 0 Å². The minimum absolute atomic E-state index is 0.128. The summed E-state index contributed by atoms with van der Waals surface area (Å²) in [4.78, 5) is 43.3. The molecule has 0 radical (unpaired) electrons. The molecule has 21 heavy (non-hydrogen) atoms. The Balaban J connectivity index is 2.51. The van der Waals surface area contributed by atoms with E-state index in [2.05, 4.69) is 0 Å². The zero-order chi connectivity index (χ0) is 16.1. The van der Waals surface area contributed by atoms with Gasteiger partial charge in [0.25, 0.3) is 0 Å². The number of aliphatic carboxylic acids is 4. The topological polar surface area (TPSA) is 149 Å². The third-order valence-corrected chi connectivity index (χ3v) is 5.30. The molecule has 0 aromatic heterocycles. The number of rotatable bonds is 5. The molecule has 6 unspecified atom stereocenters. The second kappa shape index (κ2) is 4.87. The molecular weight excluding hydrogens is 308 g/mol. The summed E-state index contributed by atoms with van der Waals surface area (Å²) in [5, 5.41) is 36.6. The van der Waals surface area contributed by atoms with Crippen molar-refractivity contribution in [2.24, 2.45) is 29.6 Å². The Kier molecular flexibility index (Phi) is 3.61. The fraction of sp³-hybridized carbons (Fsp3) is 0.667. The number of hydrogen-bond acceptors (Lipinski definition) is 4. The molecule has 2 aliphatic rings. The quantitative estimate of drug-likeness (QED) is 0.524. The molecule has 0 aliphatic heterocycles. The first-order valence-corrected chi connectivity index (χ1v) is 6.58. The van der Waals surface area contributed by atoms with Crippen LogP contribution in [0.4, 0.5) is 0 Å². The summed E-state index contributed by atoms with van der Waals surface area (Å²) in [6.07, 6.45) is -0.732. The summed E-state index contributed by atoms with van der Waals surface area (Å²) in [6.45, 7) is 0. The molecule has 2 fully saturated rings. The number of halogens is 1. The Morgan fingerprint density at radius 2 is 1.48 bits per heavy atom. The van der Waals surface area contributed by atoms with Gasteiger partial charge in [-0.3, -0.25) is 19.2 Å². The Morgan fingerprint density at radius 1 is 0.952 bits per heavy atom. The highest BCUT2D eigenvalue weighted by Crippen LogP contribution is 2.65. The first kappa shape index (κ1) is 15.6. The van der Waals surface area contributed by atoms with Gasteiger partial charge in [0.2, 0.25) is 0 Å². The van der Waals surface area contributed by atoms with Crippen LogP contribution in [0, 0.1) is 29.6 Å². The summed E-state index contributed by atoms with van der Waals surface area (Å²) in [5.74, 6) is -11.8. The molecule has 2 saturated carbocycles. The molecule has 0 saturated heterocycles. The van der Waals surface area contributed by atoms with Crippen molar-refractivity contribution < 1.29 is 39.6 Å². The first-order valence-electron chi connectivity index (χ1n) is 6.20. The van der Waals surface area contributed by atoms with E-state index in [1.54, 1.807) is 0 Å². The Labute approximate surface area is 123 Å². The number of carboxylic acids is 4. The molecule has 0 amide bonds. The van der Waals surface area contributed by atoms with Crippen LogP contribution in [0.3, 0.4) is 0 Å². The van der Waals surface area contributed by atoms with Crippen molar-refractivity contribution >= 4 is 35.5 Å². The lowest BCUT2D eigenvalue weighted by molar-refractivity contribution is -0.163. The van der Waals surface area contributed by atoms with Crippen molar-refractivity contribution in [3.8, 4) is 0 Å². The van der Waals surface area contributed by atoms with E-state index in [1.165, 1.54) is 0 Å². The van der Waals surface area contributed by atoms with Crippen LogP contribution in [0.15, 0.2) is 0 Å². The Bertz CT molecular complexity index is 531. The van der Waals surface area contributed by atoms with Gasteiger partial charge in [-0.1, -0.05) is 0 Å². The van der Waals surface area contributed by atoms with E-state index in [0.29, 0.717) is 0 Å². The van der Waals surface area contributed by atoms with E-state index in [9.17, 15) is 34.5 Å². The maximum Gasteiger partial charge on any atom is 0.309 e. The fourth-order valence-corrected chi connectivity index (χ4v) is 4.63. The van der Waals surface area contributed by atoms with Gasteiger partial charge in [-0.05, 0) is 12.3 Å². The van der Waals surface area contributed by atoms with Gasteiger partial charge >= 0.3 is 23.9 Å². The number of fused-ring (bicyclic) bond motifs is 2. The standard InChI is InChI=1S/C12H13ClO8/c13-12-2-3(7(10(18)19)8(12)11(20)21)6(9(16)17)4(12)1-5(14)15/h3-4,6-8H,1-2H2,(H,14,15)(H,16,17)(H,18,19)(H,20,21). The number of carbonyl (C=O) groups is 4. The monoisotopic (exact) mass is 320 g/mol. The zero-order valence-corrected chi connectivity index (χ0v) is 11.4. The molecule has 6 atom stereocenters. The predicted octanol–water partition coefficient (Wildman–Crippen LogP) is 0.191. The average Bonchev–Trinajstić information content (AvgIpc) is 2.75. The van der Waals surface area contributed by atoms with Crippen molar-refractivity contribution in [1.29, 1.82) is 0 Å². The van der Waals surface area contributed by atoms with Gasteiger partial charge in [0.05, 0.1) is 29.0 Å². The Hall–Kier alpha value is -1.83. The van der Waals surface area contributed by atoms with E-state index in [0.717, 1.165) is 0 Å². The first-order chi connectivity index (χ1) is 9.61. The molecule has 9 heteroatoms. The number of carboxylic acid groups (broad SMARTS) is 4. The lowest BCUT2D eigenvalue weighted by Crippen LogP contribution is -2.51. The van der Waals surface area contributed by atoms with Crippen molar-refractivity contribution in [1.82, 2.24) is 0 Å². The highest BCUT2D eigenvalue weighted by atomic mass is 35.5. The van der Waals surface area contributed by atoms with Crippen LogP contribution in [0.1, 0.15) is 12.8 Å². The summed E-state index contributed by atoms with van der Waals surface area (Å²) in [7, 11) is 0. The molecule has 4 N–H and O–H groups in total. The van der Waals surface area contributed by atoms with E-state index in [-0.39, 0.29) is 6.42 Å². The third-order valence-electron chi connectivity index (χ3n) is 4.63. The normalized spacial score (nSPS) is 40.9. The van der Waals surface area contributed by atoms with Crippen molar-refractivity contribution in [3.63, 3.8) is 0 Å². The molecular formula is C12H13ClO8. The molecule has 0 spiro atoms. The highest BCUT2D eigenvalue weighted by molar-refractivity contribution is 6.27. The second-order valence-corrected chi connectivity index (χ2v) is 6.25. The van der Waals surface area contributed by atoms with Gasteiger partial charge in [0, 0.05) is 5.92 Å². The van der Waals surface area contributed by atoms with Crippen LogP contribution in [0.25, 0.3) is 0 Å². The van der Waals surface area contributed by atoms with Crippen LogP contribution < -0.4 is 0 Å². The van der Waals surface area contributed by atoms with E-state index < -0.39 is 64.8 Å². The van der Waals surface area contributed by atoms with Gasteiger partial charge in [-0.25, -0.2) is 0 Å². The molecule has 0 heterocycles. The summed E-state index contributed by atoms with van der Waals surface area (Å²) < 4.78 is 0. The van der Waals surface area contributed by atoms with Crippen molar-refractivity contribution in [3.05, 3.63) is 0 Å². The molecule has 2 rings (SSSR count). The smallest absolute Gasteiger partial charge is 0.309 e. The maximum absolute atomic E-state index is 11.4. The zero-order valence-electron chi connectivity index (χ0n) is 10.6. The summed E-state index contributed by atoms with van der Waals surface area (Å²) >= 11 is 6.27. The van der Waals surface area contributed by atoms with Crippen LogP contribution in [-0.4, -0.2) is 49.2 Å². The number of hydrogen-bond donors (Lipinski definition) is 4. The lowest BCUT2D eigenvalue weighted by atomic mass is 9.66. The lowest BCUT2D eigenvalue weighted by Gasteiger charge is -2.39. The van der Waals surface area contributed by atoms with E-state index >= 15 is 0 Å². The molecule has 0 aromatic carbocycles. The van der Waals surface area contributed by atoms with Crippen LogP contribution in [0.5, 0.6) is 0 Å². The Morgan fingerprint density at radius 3 is 1.86 bits per heavy atom. The van der Waals surface area contributed by atoms with Crippen LogP contribution in [0.2, 0.25) is 0 Å². The predicted molar refractivity (Wildman–Crippen MR) is 65.8 cm³/mol. The maximum atomic E-state index is 11.4. The largest absolute Gasteiger partial charge is 0.481 e. The minimum atomic E-state index is -1.67. The third kappa shape index (κ3) is 2.14. The molecule has 2 bridgehead atoms. The van der Waals surface area contributed by atoms with E-state index in [1.807, 2.05) is 0 Å². The van der Waals surface area contributed by atoms with Gasteiger partial charge < -0.3 is 20.4 Å². The second-order valence-electron chi connectivity index (χ2n) is 5.54. The van der Waals surface area contributed by atoms with Gasteiger partial charge in [-0.15, -0.1) is 11.6 Å². The van der Waals surface area contributed by atoms with E-state index in [4.69, 9.17) is 16.7 Å². The fourth-order valence-electron chi connectivity index (χ4n) is 4.01. The van der Waals surface area contributed by atoms with Gasteiger partial charge in [0.1, 0.15) is 0 Å². The average molecular weight is 321 g/mol. The minimum Gasteiger partial charge on any atom is -0.481 e. The molecule has 8 nitrogen and oxygen atoms in total. The van der Waals surface area contributed by atoms with Gasteiger partial charge in [0.15, 0.2) is 0 Å². The highest BCUT2D eigenvalue weighted by Gasteiger charge is 2.72. The SMILES string of the molecule is O=C(O)CC1C(C(=O)O)C2CC1(Cl)C(C(=O)O)C2C(=O)O. The van der Waals surface area contributed by atoms with Crippen molar-refractivity contribution in [2.75, 3.05) is 0 Å². The molecule has 2 aliphatic carbocycles. The molecule has 116 valence electrons. The van der Waals surface area contributed by atoms with Crippen molar-refractivity contribution in [2.45, 2.75) is 17.7 Å². The van der Waals surface area contributed by atoms with Crippen LogP contribution >= 0.6 is 11.6 Å². The van der Waals surface area contributed by atoms with Crippen LogP contribution in [-0.2, 0) is 19.2 Å². The summed E-state index contributed by atoms with van der Waals surface area (Å²) in [5.41, 5.74) is 0. The summed E-state index contributed by atoms with van der Waals surface area (Å²) in [6, 6.07) is 0.